The van der Waals surface area contributed by atoms with Crippen molar-refractivity contribution in [2.24, 2.45) is 0 Å². The summed E-state index contributed by atoms with van der Waals surface area (Å²) in [6.45, 7) is 0. The van der Waals surface area contributed by atoms with E-state index in [1.165, 1.54) is 0 Å². The summed E-state index contributed by atoms with van der Waals surface area (Å²) in [4.78, 5) is 0. The normalized spacial score (nSPS) is 10.0. The molecule has 0 aliphatic heterocycles. The number of rotatable bonds is 0. The summed E-state index contributed by atoms with van der Waals surface area (Å²) in [5.41, 5.74) is 0. The Hall–Kier alpha value is 0.0400. The van der Waals surface area contributed by atoms with Crippen LogP contribution in [0.15, 0.2) is 0 Å². The summed E-state index contributed by atoms with van der Waals surface area (Å²) in [5, 5.41) is 0. The molecule has 4 heavy (non-hydrogen) atoms. The second kappa shape index (κ2) is 1.37. The summed E-state index contributed by atoms with van der Waals surface area (Å²) in [6, 6.07) is 0. The second-order valence-corrected chi connectivity index (χ2v) is 0.530. The standard InChI is InChI=1S/C3H2.BrH/c1-2-3-1;/h1H2;1H. The molecule has 0 aromatic heterocycles. The van der Waals surface area contributed by atoms with Gasteiger partial charge in [0.15, 0.2) is 0 Å². The van der Waals surface area contributed by atoms with Crippen LogP contribution in [0.4, 0.5) is 0 Å². The molecule has 0 bridgehead atoms. The Kier molecular flexibility index (Phi) is 1.38. The first kappa shape index (κ1) is 4.04. The van der Waals surface area contributed by atoms with E-state index >= 15 is 0 Å². The molecule has 0 saturated carbocycles. The topological polar surface area (TPSA) is 0 Å². The molecular formula is C3H3Br. The summed E-state index contributed by atoms with van der Waals surface area (Å²) in [7, 11) is 0. The van der Waals surface area contributed by atoms with Gasteiger partial charge in [-0.05, 0) is 0 Å². The highest BCUT2D eigenvalue weighted by Crippen LogP contribution is 1.79. The van der Waals surface area contributed by atoms with Crippen molar-refractivity contribution in [3.8, 4) is 11.8 Å². The van der Waals surface area contributed by atoms with Crippen molar-refractivity contribution >= 4 is 17.0 Å². The molecule has 1 rings (SSSR count). The van der Waals surface area contributed by atoms with Crippen LogP contribution in [0.5, 0.6) is 0 Å². The van der Waals surface area contributed by atoms with Gasteiger partial charge in [-0.2, -0.15) is 0 Å². The van der Waals surface area contributed by atoms with Crippen LogP contribution in [0.2, 0.25) is 0 Å². The van der Waals surface area contributed by atoms with Gasteiger partial charge in [0.05, 0.1) is 6.42 Å². The lowest BCUT2D eigenvalue weighted by Crippen LogP contribution is -1.07. The zero-order valence-corrected chi connectivity index (χ0v) is 3.83. The van der Waals surface area contributed by atoms with Crippen molar-refractivity contribution < 1.29 is 0 Å². The van der Waals surface area contributed by atoms with E-state index in [9.17, 15) is 0 Å². The van der Waals surface area contributed by atoms with E-state index in [1.807, 2.05) is 0 Å². The lowest BCUT2D eigenvalue weighted by atomic mass is 10.9. The van der Waals surface area contributed by atoms with Gasteiger partial charge >= 0.3 is 0 Å². The quantitative estimate of drug-likeness (QED) is 0.417. The highest BCUT2D eigenvalue weighted by atomic mass is 79.9. The molecule has 0 nitrogen and oxygen atoms in total. The lowest BCUT2D eigenvalue weighted by Gasteiger charge is -1.15. The average molecular weight is 119 g/mol. The van der Waals surface area contributed by atoms with Gasteiger partial charge in [0.2, 0.25) is 0 Å². The van der Waals surface area contributed by atoms with Gasteiger partial charge in [-0.1, -0.05) is 11.8 Å². The summed E-state index contributed by atoms with van der Waals surface area (Å²) in [5.74, 6) is 5.50. The Morgan fingerprint density at radius 3 is 1.50 bits per heavy atom. The van der Waals surface area contributed by atoms with E-state index in [2.05, 4.69) is 11.8 Å². The van der Waals surface area contributed by atoms with Crippen LogP contribution in [-0.4, -0.2) is 0 Å². The number of hydrogen-bond acceptors (Lipinski definition) is 0. The molecule has 0 radical (unpaired) electrons. The van der Waals surface area contributed by atoms with Crippen LogP contribution >= 0.6 is 17.0 Å². The van der Waals surface area contributed by atoms with Gasteiger partial charge in [0.1, 0.15) is 0 Å². The zero-order valence-electron chi connectivity index (χ0n) is 2.12. The minimum atomic E-state index is 0. The second-order valence-electron chi connectivity index (χ2n) is 0.530. The highest BCUT2D eigenvalue weighted by Gasteiger charge is 1.71. The fourth-order valence-electron chi connectivity index (χ4n) is 0. The van der Waals surface area contributed by atoms with Crippen LogP contribution in [-0.2, 0) is 0 Å². The van der Waals surface area contributed by atoms with E-state index in [-0.39, 0.29) is 17.0 Å². The molecule has 0 unspecified atom stereocenters. The van der Waals surface area contributed by atoms with Crippen molar-refractivity contribution in [1.29, 1.82) is 0 Å². The summed E-state index contributed by atoms with van der Waals surface area (Å²) < 4.78 is 0. The van der Waals surface area contributed by atoms with Gasteiger partial charge in [-0.15, -0.1) is 17.0 Å². The van der Waals surface area contributed by atoms with E-state index in [0.717, 1.165) is 6.42 Å². The maximum absolute atomic E-state index is 2.75. The fraction of sp³-hybridized carbons (Fsp3) is 0.333. The molecule has 0 aromatic carbocycles. The van der Waals surface area contributed by atoms with Gasteiger partial charge in [0.25, 0.3) is 0 Å². The van der Waals surface area contributed by atoms with Crippen LogP contribution in [0, 0.1) is 11.8 Å². The maximum Gasteiger partial charge on any atom is 0.0703 e. The zero-order chi connectivity index (χ0) is 2.12. The molecule has 0 N–H and O–H groups in total. The molecule has 0 fully saturated rings. The number of hydrogen-bond donors (Lipinski definition) is 0. The minimum Gasteiger partial charge on any atom is -0.114 e. The Labute approximate surface area is 36.0 Å². The first-order valence-electron chi connectivity index (χ1n) is 0.957. The van der Waals surface area contributed by atoms with E-state index < -0.39 is 0 Å². The van der Waals surface area contributed by atoms with Gasteiger partial charge in [0, 0.05) is 0 Å². The molecule has 0 saturated heterocycles. The molecular weight excluding hydrogens is 116 g/mol. The molecule has 0 aromatic rings. The number of halogens is 1. The van der Waals surface area contributed by atoms with Gasteiger partial charge in [-0.25, -0.2) is 0 Å². The first-order valence-corrected chi connectivity index (χ1v) is 0.957. The average Bonchev–Trinajstić information content (AvgIpc) is 1.46. The fourth-order valence-corrected chi connectivity index (χ4v) is 0. The molecule has 22 valence electrons. The van der Waals surface area contributed by atoms with Crippen LogP contribution in [0.25, 0.3) is 0 Å². The summed E-state index contributed by atoms with van der Waals surface area (Å²) in [6.07, 6.45) is 1.00. The SMILES string of the molecule is Br.C1#CC1. The Bertz CT molecular complexity index is 49.4. The van der Waals surface area contributed by atoms with Crippen LogP contribution < -0.4 is 0 Å². The van der Waals surface area contributed by atoms with Crippen LogP contribution in [0.3, 0.4) is 0 Å². The van der Waals surface area contributed by atoms with Gasteiger partial charge < -0.3 is 0 Å². The maximum atomic E-state index is 2.75. The molecule has 0 amide bonds. The van der Waals surface area contributed by atoms with E-state index in [4.69, 9.17) is 0 Å². The molecule has 0 heterocycles. The molecule has 1 aliphatic rings. The Morgan fingerprint density at radius 2 is 1.50 bits per heavy atom. The predicted octanol–water partition coefficient (Wildman–Crippen LogP) is 0.971. The van der Waals surface area contributed by atoms with E-state index in [1.54, 1.807) is 0 Å². The molecule has 0 atom stereocenters. The third-order valence-corrected chi connectivity index (χ3v) is 0.177. The molecule has 1 heteroatoms. The van der Waals surface area contributed by atoms with E-state index in [0.29, 0.717) is 0 Å². The van der Waals surface area contributed by atoms with Crippen molar-refractivity contribution in [2.45, 2.75) is 6.42 Å². The lowest BCUT2D eigenvalue weighted by molar-refractivity contribution is 1.76. The summed E-state index contributed by atoms with van der Waals surface area (Å²) >= 11 is 0. The monoisotopic (exact) mass is 118 g/mol. The van der Waals surface area contributed by atoms with Crippen molar-refractivity contribution in [3.05, 3.63) is 0 Å². The first-order chi connectivity index (χ1) is 1.50. The van der Waals surface area contributed by atoms with Crippen LogP contribution in [0.1, 0.15) is 6.42 Å². The Morgan fingerprint density at radius 1 is 1.25 bits per heavy atom. The highest BCUT2D eigenvalue weighted by molar-refractivity contribution is 8.93. The van der Waals surface area contributed by atoms with Crippen molar-refractivity contribution in [3.63, 3.8) is 0 Å². The van der Waals surface area contributed by atoms with Crippen molar-refractivity contribution in [1.82, 2.24) is 0 Å². The smallest absolute Gasteiger partial charge is 0.0703 e. The van der Waals surface area contributed by atoms with Crippen molar-refractivity contribution in [2.75, 3.05) is 0 Å². The molecule has 1 aliphatic carbocycles. The largest absolute Gasteiger partial charge is 0.114 e. The van der Waals surface area contributed by atoms with Gasteiger partial charge in [-0.3, -0.25) is 0 Å². The third kappa shape index (κ3) is 2.04. The third-order valence-electron chi connectivity index (χ3n) is 0.177. The predicted molar refractivity (Wildman–Crippen MR) is 22.7 cm³/mol. The molecule has 0 spiro atoms. The minimum absolute atomic E-state index is 0. The Balaban J connectivity index is 0.0000000900.